The van der Waals surface area contributed by atoms with E-state index in [9.17, 15) is 4.79 Å². The standard InChI is InChI=1S/C21H33N3O2/c1-17-6-3-4-7-20(17)22-21(25)16-23-12-5-13-24(15-14-23)18-8-10-19(26-2)11-9-18/h8-11,17,20H,3-7,12-16H2,1-2H3,(H,22,25)/t17-,20-/m1/s1. The second-order valence-electron chi connectivity index (χ2n) is 7.75. The summed E-state index contributed by atoms with van der Waals surface area (Å²) in [5.41, 5.74) is 1.23. The summed E-state index contributed by atoms with van der Waals surface area (Å²) in [6, 6.07) is 8.63. The summed E-state index contributed by atoms with van der Waals surface area (Å²) in [7, 11) is 1.69. The van der Waals surface area contributed by atoms with E-state index in [-0.39, 0.29) is 5.91 Å². The van der Waals surface area contributed by atoms with Crippen LogP contribution >= 0.6 is 0 Å². The predicted molar refractivity (Wildman–Crippen MR) is 106 cm³/mol. The predicted octanol–water partition coefficient (Wildman–Crippen LogP) is 2.90. The zero-order valence-electron chi connectivity index (χ0n) is 16.2. The van der Waals surface area contributed by atoms with Gasteiger partial charge in [-0.3, -0.25) is 9.69 Å². The first-order valence-corrected chi connectivity index (χ1v) is 10.1. The first-order chi connectivity index (χ1) is 12.7. The number of rotatable bonds is 5. The number of anilines is 1. The van der Waals surface area contributed by atoms with Gasteiger partial charge in [0, 0.05) is 37.9 Å². The fourth-order valence-corrected chi connectivity index (χ4v) is 4.17. The van der Waals surface area contributed by atoms with E-state index in [1.807, 2.05) is 12.1 Å². The van der Waals surface area contributed by atoms with E-state index in [0.29, 0.717) is 18.5 Å². The average molecular weight is 360 g/mol. The van der Waals surface area contributed by atoms with Gasteiger partial charge in [0.05, 0.1) is 13.7 Å². The molecule has 26 heavy (non-hydrogen) atoms. The number of ether oxygens (including phenoxy) is 1. The van der Waals surface area contributed by atoms with Crippen LogP contribution in [-0.2, 0) is 4.79 Å². The minimum absolute atomic E-state index is 0.196. The van der Waals surface area contributed by atoms with E-state index >= 15 is 0 Å². The van der Waals surface area contributed by atoms with Crippen LogP contribution in [0.25, 0.3) is 0 Å². The smallest absolute Gasteiger partial charge is 0.234 e. The van der Waals surface area contributed by atoms with E-state index in [0.717, 1.165) is 44.8 Å². The van der Waals surface area contributed by atoms with Crippen LogP contribution in [-0.4, -0.2) is 56.7 Å². The Balaban J connectivity index is 1.47. The maximum absolute atomic E-state index is 12.5. The first-order valence-electron chi connectivity index (χ1n) is 10.1. The monoisotopic (exact) mass is 359 g/mol. The molecule has 0 radical (unpaired) electrons. The molecule has 2 aliphatic rings. The Labute approximate surface area is 157 Å². The van der Waals surface area contributed by atoms with Crippen molar-refractivity contribution in [3.8, 4) is 5.75 Å². The summed E-state index contributed by atoms with van der Waals surface area (Å²) in [4.78, 5) is 17.2. The number of nitrogens with one attached hydrogen (secondary N) is 1. The molecule has 1 aromatic rings. The van der Waals surface area contributed by atoms with E-state index in [2.05, 4.69) is 34.2 Å². The third-order valence-corrected chi connectivity index (χ3v) is 5.85. The molecule has 2 fully saturated rings. The van der Waals surface area contributed by atoms with Gasteiger partial charge in [0.1, 0.15) is 5.75 Å². The van der Waals surface area contributed by atoms with Gasteiger partial charge < -0.3 is 15.0 Å². The van der Waals surface area contributed by atoms with Crippen LogP contribution in [0.15, 0.2) is 24.3 Å². The third kappa shape index (κ3) is 5.13. The van der Waals surface area contributed by atoms with Gasteiger partial charge in [0.15, 0.2) is 0 Å². The molecule has 1 aliphatic carbocycles. The van der Waals surface area contributed by atoms with Crippen LogP contribution in [0.1, 0.15) is 39.0 Å². The summed E-state index contributed by atoms with van der Waals surface area (Å²) in [5.74, 6) is 1.70. The summed E-state index contributed by atoms with van der Waals surface area (Å²) in [5, 5.41) is 3.28. The molecular formula is C21H33N3O2. The zero-order chi connectivity index (χ0) is 18.4. The topological polar surface area (TPSA) is 44.8 Å². The lowest BCUT2D eigenvalue weighted by molar-refractivity contribution is -0.123. The molecule has 1 aromatic carbocycles. The first kappa shape index (κ1) is 19.0. The molecule has 5 nitrogen and oxygen atoms in total. The molecule has 1 amide bonds. The van der Waals surface area contributed by atoms with Gasteiger partial charge in [0.25, 0.3) is 0 Å². The molecule has 2 atom stereocenters. The molecule has 1 heterocycles. The van der Waals surface area contributed by atoms with Gasteiger partial charge in [-0.25, -0.2) is 0 Å². The van der Waals surface area contributed by atoms with Crippen molar-refractivity contribution in [1.82, 2.24) is 10.2 Å². The van der Waals surface area contributed by atoms with Crippen molar-refractivity contribution in [2.45, 2.75) is 45.1 Å². The van der Waals surface area contributed by atoms with E-state index in [1.54, 1.807) is 7.11 Å². The molecule has 0 aromatic heterocycles. The molecule has 0 bridgehead atoms. The lowest BCUT2D eigenvalue weighted by atomic mass is 9.86. The Morgan fingerprint density at radius 2 is 1.85 bits per heavy atom. The minimum atomic E-state index is 0.196. The number of hydrogen-bond acceptors (Lipinski definition) is 4. The van der Waals surface area contributed by atoms with Crippen LogP contribution in [0.2, 0.25) is 0 Å². The number of nitrogens with zero attached hydrogens (tertiary/aromatic N) is 2. The molecular weight excluding hydrogens is 326 g/mol. The molecule has 0 unspecified atom stereocenters. The van der Waals surface area contributed by atoms with Crippen molar-refractivity contribution >= 4 is 11.6 Å². The number of carbonyl (C=O) groups excluding carboxylic acids is 1. The molecule has 0 spiro atoms. The number of hydrogen-bond donors (Lipinski definition) is 1. The van der Waals surface area contributed by atoms with Crippen LogP contribution < -0.4 is 15.0 Å². The molecule has 5 heteroatoms. The zero-order valence-corrected chi connectivity index (χ0v) is 16.2. The fraction of sp³-hybridized carbons (Fsp3) is 0.667. The third-order valence-electron chi connectivity index (χ3n) is 5.85. The second kappa shape index (κ2) is 9.26. The number of carbonyl (C=O) groups is 1. The Morgan fingerprint density at radius 1 is 1.08 bits per heavy atom. The normalized spacial score (nSPS) is 24.8. The van der Waals surface area contributed by atoms with Gasteiger partial charge in [-0.1, -0.05) is 19.8 Å². The van der Waals surface area contributed by atoms with Crippen molar-refractivity contribution in [3.63, 3.8) is 0 Å². The van der Waals surface area contributed by atoms with Crippen LogP contribution in [0.5, 0.6) is 5.75 Å². The van der Waals surface area contributed by atoms with Gasteiger partial charge in [-0.2, -0.15) is 0 Å². The fourth-order valence-electron chi connectivity index (χ4n) is 4.17. The summed E-state index contributed by atoms with van der Waals surface area (Å²) < 4.78 is 5.24. The van der Waals surface area contributed by atoms with Crippen molar-refractivity contribution in [2.24, 2.45) is 5.92 Å². The van der Waals surface area contributed by atoms with Crippen molar-refractivity contribution in [2.75, 3.05) is 44.7 Å². The van der Waals surface area contributed by atoms with Crippen molar-refractivity contribution < 1.29 is 9.53 Å². The summed E-state index contributed by atoms with van der Waals surface area (Å²) in [6.07, 6.45) is 6.01. The highest BCUT2D eigenvalue weighted by atomic mass is 16.5. The lowest BCUT2D eigenvalue weighted by Crippen LogP contribution is -2.46. The van der Waals surface area contributed by atoms with Gasteiger partial charge >= 0.3 is 0 Å². The Morgan fingerprint density at radius 3 is 2.58 bits per heavy atom. The second-order valence-corrected chi connectivity index (χ2v) is 7.75. The van der Waals surface area contributed by atoms with Crippen LogP contribution in [0.4, 0.5) is 5.69 Å². The molecule has 1 aliphatic heterocycles. The minimum Gasteiger partial charge on any atom is -0.497 e. The highest BCUT2D eigenvalue weighted by molar-refractivity contribution is 5.78. The number of benzene rings is 1. The maximum Gasteiger partial charge on any atom is 0.234 e. The molecule has 1 saturated heterocycles. The Bertz CT molecular complexity index is 575. The van der Waals surface area contributed by atoms with E-state index < -0.39 is 0 Å². The van der Waals surface area contributed by atoms with Crippen molar-refractivity contribution in [3.05, 3.63) is 24.3 Å². The maximum atomic E-state index is 12.5. The molecule has 3 rings (SSSR count). The molecule has 144 valence electrons. The van der Waals surface area contributed by atoms with Crippen molar-refractivity contribution in [1.29, 1.82) is 0 Å². The average Bonchev–Trinajstić information content (AvgIpc) is 2.89. The van der Waals surface area contributed by atoms with Crippen LogP contribution in [0.3, 0.4) is 0 Å². The highest BCUT2D eigenvalue weighted by Crippen LogP contribution is 2.24. The van der Waals surface area contributed by atoms with E-state index in [4.69, 9.17) is 4.74 Å². The quantitative estimate of drug-likeness (QED) is 0.878. The van der Waals surface area contributed by atoms with Gasteiger partial charge in [-0.15, -0.1) is 0 Å². The Kier molecular flexibility index (Phi) is 6.78. The summed E-state index contributed by atoms with van der Waals surface area (Å²) in [6.45, 7) is 6.70. The SMILES string of the molecule is COc1ccc(N2CCCN(CC(=O)N[C@@H]3CCCC[C@H]3C)CC2)cc1. The summed E-state index contributed by atoms with van der Waals surface area (Å²) >= 11 is 0. The highest BCUT2D eigenvalue weighted by Gasteiger charge is 2.24. The number of amides is 1. The largest absolute Gasteiger partial charge is 0.497 e. The molecule has 1 saturated carbocycles. The Hall–Kier alpha value is -1.75. The van der Waals surface area contributed by atoms with E-state index in [1.165, 1.54) is 24.9 Å². The molecule has 1 N–H and O–H groups in total. The lowest BCUT2D eigenvalue weighted by Gasteiger charge is -2.30. The van der Waals surface area contributed by atoms with Crippen LogP contribution in [0, 0.1) is 5.92 Å². The van der Waals surface area contributed by atoms with Gasteiger partial charge in [0.2, 0.25) is 5.91 Å². The van der Waals surface area contributed by atoms with Gasteiger partial charge in [-0.05, 0) is 49.4 Å². The number of methoxy groups -OCH3 is 1.